The highest BCUT2D eigenvalue weighted by molar-refractivity contribution is 6.25. The van der Waals surface area contributed by atoms with Crippen LogP contribution in [0.4, 0.5) is 5.69 Å². The highest BCUT2D eigenvalue weighted by atomic mass is 16.2. The lowest BCUT2D eigenvalue weighted by Gasteiger charge is -2.16. The monoisotopic (exact) mass is 235 g/mol. The minimum Gasteiger partial charge on any atom is -0.268 e. The number of benzene rings is 2. The van der Waals surface area contributed by atoms with E-state index in [4.69, 9.17) is 0 Å². The van der Waals surface area contributed by atoms with Crippen LogP contribution in [0.2, 0.25) is 0 Å². The first-order chi connectivity index (χ1) is 8.77. The van der Waals surface area contributed by atoms with E-state index in [1.165, 1.54) is 4.90 Å². The van der Waals surface area contributed by atoms with Gasteiger partial charge >= 0.3 is 0 Å². The van der Waals surface area contributed by atoms with E-state index in [1.54, 1.807) is 12.1 Å². The van der Waals surface area contributed by atoms with E-state index in [0.717, 1.165) is 11.3 Å². The van der Waals surface area contributed by atoms with Crippen molar-refractivity contribution < 1.29 is 4.79 Å². The summed E-state index contributed by atoms with van der Waals surface area (Å²) in [6.07, 6.45) is 0.411. The van der Waals surface area contributed by atoms with Crippen LogP contribution >= 0.6 is 0 Å². The first-order valence-corrected chi connectivity index (χ1v) is 5.79. The molecular weight excluding hydrogens is 224 g/mol. The lowest BCUT2D eigenvalue weighted by Crippen LogP contribution is -2.34. The molecule has 0 N–H and O–H groups in total. The van der Waals surface area contributed by atoms with Crippen molar-refractivity contribution in [2.75, 3.05) is 4.90 Å². The molecule has 3 heteroatoms. The Morgan fingerprint density at radius 2 is 1.67 bits per heavy atom. The lowest BCUT2D eigenvalue weighted by atomic mass is 10.1. The predicted molar refractivity (Wildman–Crippen MR) is 70.5 cm³/mol. The van der Waals surface area contributed by atoms with Crippen LogP contribution in [0.1, 0.15) is 15.9 Å². The summed E-state index contributed by atoms with van der Waals surface area (Å²) in [7, 11) is 0. The summed E-state index contributed by atoms with van der Waals surface area (Å²) in [4.78, 5) is 13.7. The number of carbonyl (C=O) groups excluding carboxylic acids is 1. The zero-order valence-electron chi connectivity index (χ0n) is 9.71. The molecule has 1 radical (unpaired) electrons. The first-order valence-electron chi connectivity index (χ1n) is 5.79. The van der Waals surface area contributed by atoms with Crippen molar-refractivity contribution in [3.05, 3.63) is 65.7 Å². The Morgan fingerprint density at radius 3 is 2.44 bits per heavy atom. The van der Waals surface area contributed by atoms with E-state index < -0.39 is 0 Å². The normalized spacial score (nSPS) is 13.6. The second-order valence-electron chi connectivity index (χ2n) is 4.23. The van der Waals surface area contributed by atoms with Crippen LogP contribution in [-0.4, -0.2) is 11.7 Å². The van der Waals surface area contributed by atoms with E-state index in [9.17, 15) is 10.2 Å². The van der Waals surface area contributed by atoms with Crippen molar-refractivity contribution >= 4 is 17.4 Å². The fourth-order valence-corrected chi connectivity index (χ4v) is 2.20. The second-order valence-corrected chi connectivity index (χ2v) is 4.23. The molecule has 2 aromatic carbocycles. The number of amidine groups is 1. The molecule has 0 atom stereocenters. The van der Waals surface area contributed by atoms with Crippen LogP contribution in [0.15, 0.2) is 54.6 Å². The molecule has 87 valence electrons. The average Bonchev–Trinajstić information content (AvgIpc) is 2.75. The Hall–Kier alpha value is -2.42. The number of anilines is 1. The number of carbonyl (C=O) groups is 1. The molecule has 3 nitrogen and oxygen atoms in total. The van der Waals surface area contributed by atoms with Crippen molar-refractivity contribution in [1.29, 1.82) is 0 Å². The van der Waals surface area contributed by atoms with Crippen LogP contribution in [0, 0.1) is 0 Å². The van der Waals surface area contributed by atoms with Crippen LogP contribution in [-0.2, 0) is 6.42 Å². The Kier molecular flexibility index (Phi) is 2.45. The SMILES string of the molecule is [N]=C1Cc2ccccc2N1C(=O)c1ccccc1. The zero-order valence-corrected chi connectivity index (χ0v) is 9.71. The lowest BCUT2D eigenvalue weighted by molar-refractivity contribution is 0.100. The van der Waals surface area contributed by atoms with Gasteiger partial charge in [-0.25, -0.2) is 0 Å². The standard InChI is InChI=1S/C15H11N2O/c16-14-10-12-8-4-5-9-13(12)17(14)15(18)11-6-2-1-3-7-11/h1-9H,10H2. The summed E-state index contributed by atoms with van der Waals surface area (Å²) in [6.45, 7) is 0. The van der Waals surface area contributed by atoms with Crippen molar-refractivity contribution in [2.24, 2.45) is 0 Å². The third-order valence-electron chi connectivity index (χ3n) is 3.06. The van der Waals surface area contributed by atoms with Gasteiger partial charge in [0, 0.05) is 12.0 Å². The molecule has 0 fully saturated rings. The molecular formula is C15H11N2O. The van der Waals surface area contributed by atoms with Crippen LogP contribution in [0.5, 0.6) is 0 Å². The number of rotatable bonds is 1. The minimum absolute atomic E-state index is 0.0880. The topological polar surface area (TPSA) is 42.6 Å². The molecule has 18 heavy (non-hydrogen) atoms. The fourth-order valence-electron chi connectivity index (χ4n) is 2.20. The maximum atomic E-state index is 12.4. The van der Waals surface area contributed by atoms with Gasteiger partial charge in [0.15, 0.2) is 0 Å². The number of amides is 1. The molecule has 2 aromatic rings. The quantitative estimate of drug-likeness (QED) is 0.746. The van der Waals surface area contributed by atoms with Gasteiger partial charge in [-0.05, 0) is 23.8 Å². The molecule has 0 aromatic heterocycles. The molecule has 1 aliphatic heterocycles. The van der Waals surface area contributed by atoms with Gasteiger partial charge in [0.05, 0.1) is 5.69 Å². The van der Waals surface area contributed by atoms with Gasteiger partial charge in [0.1, 0.15) is 5.84 Å². The van der Waals surface area contributed by atoms with E-state index in [0.29, 0.717) is 12.0 Å². The third-order valence-corrected chi connectivity index (χ3v) is 3.06. The summed E-state index contributed by atoms with van der Waals surface area (Å²) in [5, 5.41) is 9.96. The maximum Gasteiger partial charge on any atom is 0.263 e. The molecule has 1 aliphatic rings. The van der Waals surface area contributed by atoms with Gasteiger partial charge in [-0.15, -0.1) is 5.41 Å². The van der Waals surface area contributed by atoms with Gasteiger partial charge in [0.2, 0.25) is 0 Å². The summed E-state index contributed by atoms with van der Waals surface area (Å²) in [5.74, 6) is -0.108. The number of hydrogen-bond donors (Lipinski definition) is 0. The van der Waals surface area contributed by atoms with Crippen molar-refractivity contribution in [2.45, 2.75) is 6.42 Å². The number of para-hydroxylation sites is 1. The Labute approximate surface area is 105 Å². The summed E-state index contributed by atoms with van der Waals surface area (Å²) >= 11 is 0. The third kappa shape index (κ3) is 1.61. The number of fused-ring (bicyclic) bond motifs is 1. The van der Waals surface area contributed by atoms with Crippen molar-refractivity contribution in [3.63, 3.8) is 0 Å². The van der Waals surface area contributed by atoms with Gasteiger partial charge in [0.25, 0.3) is 5.91 Å². The molecule has 0 saturated heterocycles. The average molecular weight is 235 g/mol. The molecule has 0 aliphatic carbocycles. The van der Waals surface area contributed by atoms with Gasteiger partial charge in [-0.2, -0.15) is 0 Å². The molecule has 3 rings (SSSR count). The predicted octanol–water partition coefficient (Wildman–Crippen LogP) is 2.09. The van der Waals surface area contributed by atoms with Crippen LogP contribution in [0.3, 0.4) is 0 Å². The fraction of sp³-hybridized carbons (Fsp3) is 0.0667. The van der Waals surface area contributed by atoms with Gasteiger partial charge < -0.3 is 0 Å². The molecule has 0 spiro atoms. The summed E-state index contributed by atoms with van der Waals surface area (Å²) < 4.78 is 0. The van der Waals surface area contributed by atoms with Crippen molar-refractivity contribution in [3.8, 4) is 0 Å². The van der Waals surface area contributed by atoms with Crippen LogP contribution in [0.25, 0.3) is 0 Å². The van der Waals surface area contributed by atoms with Crippen LogP contribution < -0.4 is 10.3 Å². The smallest absolute Gasteiger partial charge is 0.263 e. The Balaban J connectivity index is 2.03. The molecule has 1 amide bonds. The van der Waals surface area contributed by atoms with E-state index in [-0.39, 0.29) is 11.7 Å². The minimum atomic E-state index is -0.196. The van der Waals surface area contributed by atoms with Gasteiger partial charge in [-0.3, -0.25) is 9.69 Å². The molecule has 0 unspecified atom stereocenters. The Bertz CT molecular complexity index is 619. The molecule has 0 saturated carbocycles. The maximum absolute atomic E-state index is 12.4. The Morgan fingerprint density at radius 1 is 1.00 bits per heavy atom. The van der Waals surface area contributed by atoms with E-state index >= 15 is 0 Å². The summed E-state index contributed by atoms with van der Waals surface area (Å²) in [6, 6.07) is 16.5. The number of hydrogen-bond acceptors (Lipinski definition) is 1. The number of nitrogens with zero attached hydrogens (tertiary/aromatic N) is 2. The summed E-state index contributed by atoms with van der Waals surface area (Å²) in [5.41, 5.74) is 2.31. The highest BCUT2D eigenvalue weighted by Gasteiger charge is 2.30. The zero-order chi connectivity index (χ0) is 12.5. The molecule has 0 bridgehead atoms. The molecule has 1 heterocycles. The van der Waals surface area contributed by atoms with E-state index in [1.807, 2.05) is 42.5 Å². The second kappa shape index (κ2) is 4.11. The first kappa shape index (κ1) is 10.7. The largest absolute Gasteiger partial charge is 0.268 e. The van der Waals surface area contributed by atoms with E-state index in [2.05, 4.69) is 0 Å². The van der Waals surface area contributed by atoms with Gasteiger partial charge in [-0.1, -0.05) is 36.4 Å². The highest BCUT2D eigenvalue weighted by Crippen LogP contribution is 2.29. The van der Waals surface area contributed by atoms with Crippen molar-refractivity contribution in [1.82, 2.24) is 5.41 Å².